The number of H-pyrrole nitrogens is 1. The molecular formula is C14H17N3O2. The van der Waals surface area contributed by atoms with E-state index in [0.29, 0.717) is 5.82 Å². The Morgan fingerprint density at radius 3 is 2.74 bits per heavy atom. The van der Waals surface area contributed by atoms with Crippen molar-refractivity contribution < 1.29 is 4.74 Å². The minimum Gasteiger partial charge on any atom is -0.489 e. The predicted octanol–water partition coefficient (Wildman–Crippen LogP) is 2.34. The summed E-state index contributed by atoms with van der Waals surface area (Å²) < 4.78 is 5.09. The second kappa shape index (κ2) is 6.04. The molecule has 1 unspecified atom stereocenters. The minimum atomic E-state index is -0.289. The number of hydrogen-bond acceptors (Lipinski definition) is 4. The Morgan fingerprint density at radius 2 is 2.11 bits per heavy atom. The molecule has 1 atom stereocenters. The van der Waals surface area contributed by atoms with Crippen LogP contribution < -0.4 is 15.6 Å². The maximum atomic E-state index is 11.6. The number of methoxy groups -OCH3 is 1. The highest BCUT2D eigenvalue weighted by Crippen LogP contribution is 2.24. The van der Waals surface area contributed by atoms with E-state index in [0.717, 1.165) is 12.0 Å². The molecule has 0 bridgehead atoms. The molecule has 2 N–H and O–H groups in total. The van der Waals surface area contributed by atoms with E-state index < -0.39 is 0 Å². The zero-order valence-corrected chi connectivity index (χ0v) is 11.0. The van der Waals surface area contributed by atoms with Gasteiger partial charge in [-0.3, -0.25) is 4.79 Å². The first-order valence-electron chi connectivity index (χ1n) is 6.19. The van der Waals surface area contributed by atoms with E-state index in [1.54, 1.807) is 0 Å². The lowest BCUT2D eigenvalue weighted by Crippen LogP contribution is -2.17. The second-order valence-corrected chi connectivity index (χ2v) is 4.13. The standard InChI is InChI=1S/C14H17N3O2/c1-3-11(10-7-5-4-6-8-10)17-13-12(19-2)14(18)16-9-15-13/h4-9,11H,3H2,1-2H3,(H2,15,16,17,18). The molecule has 1 aromatic heterocycles. The van der Waals surface area contributed by atoms with Crippen molar-refractivity contribution in [2.75, 3.05) is 12.4 Å². The molecule has 1 aromatic carbocycles. The van der Waals surface area contributed by atoms with Crippen LogP contribution in [-0.2, 0) is 0 Å². The van der Waals surface area contributed by atoms with Gasteiger partial charge >= 0.3 is 0 Å². The quantitative estimate of drug-likeness (QED) is 0.865. The normalized spacial score (nSPS) is 11.9. The van der Waals surface area contributed by atoms with Gasteiger partial charge in [-0.1, -0.05) is 37.3 Å². The summed E-state index contributed by atoms with van der Waals surface area (Å²) in [6.07, 6.45) is 2.24. The number of nitrogens with zero attached hydrogens (tertiary/aromatic N) is 1. The van der Waals surface area contributed by atoms with Crippen LogP contribution in [0.15, 0.2) is 41.5 Å². The highest BCUT2D eigenvalue weighted by Gasteiger charge is 2.14. The summed E-state index contributed by atoms with van der Waals surface area (Å²) in [5.74, 6) is 0.666. The lowest BCUT2D eigenvalue weighted by Gasteiger charge is -2.18. The molecule has 19 heavy (non-hydrogen) atoms. The van der Waals surface area contributed by atoms with Crippen molar-refractivity contribution in [1.29, 1.82) is 0 Å². The van der Waals surface area contributed by atoms with Gasteiger partial charge < -0.3 is 15.0 Å². The van der Waals surface area contributed by atoms with Crippen LogP contribution in [-0.4, -0.2) is 17.1 Å². The largest absolute Gasteiger partial charge is 0.489 e. The second-order valence-electron chi connectivity index (χ2n) is 4.13. The zero-order chi connectivity index (χ0) is 13.7. The molecule has 1 heterocycles. The Labute approximate surface area is 111 Å². The van der Waals surface area contributed by atoms with Crippen LogP contribution in [0.25, 0.3) is 0 Å². The fraction of sp³-hybridized carbons (Fsp3) is 0.286. The fourth-order valence-electron chi connectivity index (χ4n) is 1.95. The van der Waals surface area contributed by atoms with Crippen molar-refractivity contribution >= 4 is 5.82 Å². The van der Waals surface area contributed by atoms with Gasteiger partial charge in [-0.15, -0.1) is 0 Å². The van der Waals surface area contributed by atoms with Gasteiger partial charge in [0.15, 0.2) is 5.82 Å². The van der Waals surface area contributed by atoms with Gasteiger partial charge in [0.1, 0.15) is 0 Å². The average Bonchev–Trinajstić information content (AvgIpc) is 2.46. The minimum absolute atomic E-state index is 0.0874. The van der Waals surface area contributed by atoms with E-state index in [1.807, 2.05) is 30.3 Å². The molecule has 0 radical (unpaired) electrons. The number of anilines is 1. The van der Waals surface area contributed by atoms with Crippen molar-refractivity contribution in [2.24, 2.45) is 0 Å². The molecular weight excluding hydrogens is 242 g/mol. The number of aromatic nitrogens is 2. The highest BCUT2D eigenvalue weighted by atomic mass is 16.5. The first-order valence-corrected chi connectivity index (χ1v) is 6.19. The third-order valence-corrected chi connectivity index (χ3v) is 2.94. The smallest absolute Gasteiger partial charge is 0.295 e. The van der Waals surface area contributed by atoms with E-state index in [-0.39, 0.29) is 17.4 Å². The number of rotatable bonds is 5. The summed E-state index contributed by atoms with van der Waals surface area (Å²) in [6.45, 7) is 2.07. The number of ether oxygens (including phenoxy) is 1. The predicted molar refractivity (Wildman–Crippen MR) is 74.5 cm³/mol. The number of hydrogen-bond donors (Lipinski definition) is 2. The van der Waals surface area contributed by atoms with Crippen molar-refractivity contribution in [3.8, 4) is 5.75 Å². The van der Waals surface area contributed by atoms with Crippen LogP contribution >= 0.6 is 0 Å². The summed E-state index contributed by atoms with van der Waals surface area (Å²) in [4.78, 5) is 18.2. The molecule has 5 nitrogen and oxygen atoms in total. The molecule has 0 fully saturated rings. The Hall–Kier alpha value is -2.30. The highest BCUT2D eigenvalue weighted by molar-refractivity contribution is 5.49. The van der Waals surface area contributed by atoms with Crippen LogP contribution in [0.2, 0.25) is 0 Å². The van der Waals surface area contributed by atoms with Gasteiger partial charge in [-0.2, -0.15) is 0 Å². The Kier molecular flexibility index (Phi) is 4.18. The fourth-order valence-corrected chi connectivity index (χ4v) is 1.95. The maximum Gasteiger partial charge on any atom is 0.295 e. The zero-order valence-electron chi connectivity index (χ0n) is 11.0. The lowest BCUT2D eigenvalue weighted by atomic mass is 10.0. The SMILES string of the molecule is CCC(Nc1nc[nH]c(=O)c1OC)c1ccccc1. The topological polar surface area (TPSA) is 67.0 Å². The molecule has 100 valence electrons. The Balaban J connectivity index is 2.29. The number of nitrogens with one attached hydrogen (secondary N) is 2. The van der Waals surface area contributed by atoms with Crippen LogP contribution in [0.3, 0.4) is 0 Å². The van der Waals surface area contributed by atoms with Crippen LogP contribution in [0, 0.1) is 0 Å². The monoisotopic (exact) mass is 259 g/mol. The molecule has 0 saturated heterocycles. The molecule has 0 saturated carbocycles. The van der Waals surface area contributed by atoms with E-state index in [9.17, 15) is 4.79 Å². The summed E-state index contributed by atoms with van der Waals surface area (Å²) in [5.41, 5.74) is 0.858. The summed E-state index contributed by atoms with van der Waals surface area (Å²) in [6, 6.07) is 10.1. The third-order valence-electron chi connectivity index (χ3n) is 2.94. The van der Waals surface area contributed by atoms with Gasteiger partial charge in [-0.05, 0) is 12.0 Å². The summed E-state index contributed by atoms with van der Waals surface area (Å²) >= 11 is 0. The molecule has 0 aliphatic heterocycles. The maximum absolute atomic E-state index is 11.6. The van der Waals surface area contributed by atoms with Gasteiger partial charge in [0.2, 0.25) is 5.75 Å². The lowest BCUT2D eigenvalue weighted by molar-refractivity contribution is 0.407. The van der Waals surface area contributed by atoms with Gasteiger partial charge in [0.25, 0.3) is 5.56 Å². The first kappa shape index (κ1) is 13.1. The molecule has 5 heteroatoms. The van der Waals surface area contributed by atoms with Crippen molar-refractivity contribution in [1.82, 2.24) is 9.97 Å². The molecule has 0 spiro atoms. The molecule has 0 aliphatic rings. The third kappa shape index (κ3) is 2.93. The number of benzene rings is 1. The van der Waals surface area contributed by atoms with E-state index >= 15 is 0 Å². The van der Waals surface area contributed by atoms with Crippen LogP contribution in [0.5, 0.6) is 5.75 Å². The van der Waals surface area contributed by atoms with Gasteiger partial charge in [0.05, 0.1) is 19.5 Å². The Bertz CT molecular complexity index is 581. The van der Waals surface area contributed by atoms with Gasteiger partial charge in [-0.25, -0.2) is 4.98 Å². The molecule has 0 aliphatic carbocycles. The van der Waals surface area contributed by atoms with Gasteiger partial charge in [0, 0.05) is 0 Å². The Morgan fingerprint density at radius 1 is 1.37 bits per heavy atom. The van der Waals surface area contributed by atoms with E-state index in [2.05, 4.69) is 22.2 Å². The first-order chi connectivity index (χ1) is 9.26. The molecule has 2 aromatic rings. The summed E-state index contributed by atoms with van der Waals surface area (Å²) in [5, 5.41) is 3.25. The van der Waals surface area contributed by atoms with E-state index in [4.69, 9.17) is 4.74 Å². The van der Waals surface area contributed by atoms with Crippen LogP contribution in [0.1, 0.15) is 24.9 Å². The van der Waals surface area contributed by atoms with E-state index in [1.165, 1.54) is 13.4 Å². The van der Waals surface area contributed by atoms with Crippen molar-refractivity contribution in [2.45, 2.75) is 19.4 Å². The van der Waals surface area contributed by atoms with Crippen molar-refractivity contribution in [3.63, 3.8) is 0 Å². The average molecular weight is 259 g/mol. The summed E-state index contributed by atoms with van der Waals surface area (Å²) in [7, 11) is 1.46. The number of aromatic amines is 1. The molecule has 2 rings (SSSR count). The molecule has 0 amide bonds. The van der Waals surface area contributed by atoms with Crippen LogP contribution in [0.4, 0.5) is 5.82 Å². The van der Waals surface area contributed by atoms with Crippen molar-refractivity contribution in [3.05, 3.63) is 52.6 Å².